The van der Waals surface area contributed by atoms with Crippen molar-refractivity contribution >= 4 is 6.08 Å². The lowest BCUT2D eigenvalue weighted by molar-refractivity contribution is 0.209. The molecule has 74 valence electrons. The van der Waals surface area contributed by atoms with E-state index in [9.17, 15) is 4.79 Å². The van der Waals surface area contributed by atoms with Crippen molar-refractivity contribution in [3.8, 4) is 0 Å². The van der Waals surface area contributed by atoms with E-state index in [1.807, 2.05) is 0 Å². The Morgan fingerprint density at radius 2 is 1.92 bits per heavy atom. The summed E-state index contributed by atoms with van der Waals surface area (Å²) in [4.78, 5) is 14.1. The first-order valence-electron chi connectivity index (χ1n) is 5.16. The summed E-state index contributed by atoms with van der Waals surface area (Å²) in [6.07, 6.45) is 6.21. The maximum absolute atomic E-state index is 10.2. The highest BCUT2D eigenvalue weighted by atomic mass is 16.1. The van der Waals surface area contributed by atoms with Gasteiger partial charge in [-0.05, 0) is 44.4 Å². The van der Waals surface area contributed by atoms with E-state index in [1.165, 1.54) is 12.8 Å². The van der Waals surface area contributed by atoms with Crippen LogP contribution in [0.15, 0.2) is 4.99 Å². The fourth-order valence-electron chi connectivity index (χ4n) is 2.15. The fraction of sp³-hybridized carbons (Fsp3) is 0.909. The van der Waals surface area contributed by atoms with Gasteiger partial charge in [0.1, 0.15) is 0 Å². The van der Waals surface area contributed by atoms with Gasteiger partial charge in [-0.1, -0.05) is 13.8 Å². The predicted molar refractivity (Wildman–Crippen MR) is 53.3 cm³/mol. The lowest BCUT2D eigenvalue weighted by Crippen LogP contribution is -2.30. The molecule has 1 aliphatic carbocycles. The maximum atomic E-state index is 10.2. The van der Waals surface area contributed by atoms with Crippen molar-refractivity contribution in [1.29, 1.82) is 0 Å². The number of carbonyl (C=O) groups excluding carboxylic acids is 1. The molecule has 1 saturated carbocycles. The number of aliphatic imine (C=N–C) groups is 1. The van der Waals surface area contributed by atoms with E-state index < -0.39 is 0 Å². The van der Waals surface area contributed by atoms with E-state index in [4.69, 9.17) is 0 Å². The standard InChI is InChI=1S/C11H19NO/c1-9(2)10-4-6-11(3,7-5-10)12-8-13/h9-10H,4-7H2,1-3H3. The van der Waals surface area contributed by atoms with Gasteiger partial charge in [0, 0.05) is 0 Å². The van der Waals surface area contributed by atoms with E-state index in [0.29, 0.717) is 0 Å². The van der Waals surface area contributed by atoms with Crippen molar-refractivity contribution in [2.45, 2.75) is 52.0 Å². The number of hydrogen-bond donors (Lipinski definition) is 0. The number of hydrogen-bond acceptors (Lipinski definition) is 2. The topological polar surface area (TPSA) is 29.4 Å². The largest absolute Gasteiger partial charge is 0.235 e. The summed E-state index contributed by atoms with van der Waals surface area (Å²) in [5.41, 5.74) is -0.104. The third kappa shape index (κ3) is 2.67. The van der Waals surface area contributed by atoms with Crippen LogP contribution >= 0.6 is 0 Å². The highest BCUT2D eigenvalue weighted by Crippen LogP contribution is 2.37. The second-order valence-corrected chi connectivity index (χ2v) is 4.78. The molecule has 1 aliphatic rings. The maximum Gasteiger partial charge on any atom is 0.235 e. The highest BCUT2D eigenvalue weighted by molar-refractivity contribution is 5.34. The minimum atomic E-state index is -0.104. The second-order valence-electron chi connectivity index (χ2n) is 4.78. The van der Waals surface area contributed by atoms with Gasteiger partial charge in [0.25, 0.3) is 0 Å². The summed E-state index contributed by atoms with van der Waals surface area (Å²) >= 11 is 0. The number of isocyanates is 1. The minimum Gasteiger partial charge on any atom is -0.211 e. The molecule has 13 heavy (non-hydrogen) atoms. The molecule has 0 aromatic rings. The van der Waals surface area contributed by atoms with Crippen LogP contribution in [0, 0.1) is 11.8 Å². The summed E-state index contributed by atoms with van der Waals surface area (Å²) < 4.78 is 0. The molecular weight excluding hydrogens is 162 g/mol. The van der Waals surface area contributed by atoms with E-state index in [0.717, 1.165) is 24.7 Å². The van der Waals surface area contributed by atoms with Crippen LogP contribution in [0.25, 0.3) is 0 Å². The molecule has 0 N–H and O–H groups in total. The molecule has 0 radical (unpaired) electrons. The molecular formula is C11H19NO. The first-order valence-corrected chi connectivity index (χ1v) is 5.16. The molecule has 0 atom stereocenters. The van der Waals surface area contributed by atoms with Crippen LogP contribution in [0.1, 0.15) is 46.5 Å². The van der Waals surface area contributed by atoms with Crippen molar-refractivity contribution in [3.63, 3.8) is 0 Å². The normalized spacial score (nSPS) is 34.3. The average Bonchev–Trinajstić information content (AvgIpc) is 2.05. The Morgan fingerprint density at radius 3 is 2.31 bits per heavy atom. The molecule has 0 heterocycles. The Bertz CT molecular complexity index is 208. The first kappa shape index (κ1) is 10.5. The summed E-state index contributed by atoms with van der Waals surface area (Å²) in [5.74, 6) is 1.60. The number of nitrogens with zero attached hydrogens (tertiary/aromatic N) is 1. The molecule has 2 nitrogen and oxygen atoms in total. The fourth-order valence-corrected chi connectivity index (χ4v) is 2.15. The Morgan fingerprint density at radius 1 is 1.38 bits per heavy atom. The van der Waals surface area contributed by atoms with E-state index in [1.54, 1.807) is 6.08 Å². The Balaban J connectivity index is 2.51. The molecule has 0 aromatic heterocycles. The van der Waals surface area contributed by atoms with Crippen LogP contribution in [0.3, 0.4) is 0 Å². The zero-order valence-corrected chi connectivity index (χ0v) is 8.84. The van der Waals surface area contributed by atoms with Gasteiger partial charge in [0.05, 0.1) is 5.54 Å². The SMILES string of the molecule is CC(C)C1CCC(C)(N=C=O)CC1. The van der Waals surface area contributed by atoms with Gasteiger partial charge in [-0.25, -0.2) is 4.79 Å². The van der Waals surface area contributed by atoms with Crippen molar-refractivity contribution in [2.75, 3.05) is 0 Å². The predicted octanol–water partition coefficient (Wildman–Crippen LogP) is 2.93. The minimum absolute atomic E-state index is 0.104. The van der Waals surface area contributed by atoms with Crippen molar-refractivity contribution in [1.82, 2.24) is 0 Å². The van der Waals surface area contributed by atoms with Gasteiger partial charge >= 0.3 is 0 Å². The van der Waals surface area contributed by atoms with Crippen molar-refractivity contribution < 1.29 is 4.79 Å². The Hall–Kier alpha value is -0.620. The molecule has 0 amide bonds. The molecule has 0 aromatic carbocycles. The lowest BCUT2D eigenvalue weighted by atomic mass is 9.74. The van der Waals surface area contributed by atoms with Crippen LogP contribution < -0.4 is 0 Å². The van der Waals surface area contributed by atoms with Crippen LogP contribution in [0.4, 0.5) is 0 Å². The monoisotopic (exact) mass is 181 g/mol. The smallest absolute Gasteiger partial charge is 0.211 e. The van der Waals surface area contributed by atoms with Gasteiger partial charge in [0.15, 0.2) is 0 Å². The summed E-state index contributed by atoms with van der Waals surface area (Å²) in [5, 5.41) is 0. The highest BCUT2D eigenvalue weighted by Gasteiger charge is 2.31. The van der Waals surface area contributed by atoms with Gasteiger partial charge in [0.2, 0.25) is 6.08 Å². The average molecular weight is 181 g/mol. The first-order chi connectivity index (χ1) is 6.07. The third-order valence-electron chi connectivity index (χ3n) is 3.37. The number of rotatable bonds is 2. The van der Waals surface area contributed by atoms with Crippen LogP contribution in [-0.2, 0) is 4.79 Å². The summed E-state index contributed by atoms with van der Waals surface area (Å²) in [7, 11) is 0. The molecule has 2 heteroatoms. The second kappa shape index (κ2) is 4.06. The Kier molecular flexibility index (Phi) is 3.27. The zero-order chi connectivity index (χ0) is 9.90. The van der Waals surface area contributed by atoms with Gasteiger partial charge < -0.3 is 0 Å². The summed E-state index contributed by atoms with van der Waals surface area (Å²) in [6, 6.07) is 0. The van der Waals surface area contributed by atoms with E-state index in [2.05, 4.69) is 25.8 Å². The van der Waals surface area contributed by atoms with Crippen molar-refractivity contribution in [3.05, 3.63) is 0 Å². The molecule has 0 saturated heterocycles. The van der Waals surface area contributed by atoms with E-state index >= 15 is 0 Å². The molecule has 1 fully saturated rings. The van der Waals surface area contributed by atoms with Crippen LogP contribution in [0.5, 0.6) is 0 Å². The van der Waals surface area contributed by atoms with Gasteiger partial charge in [-0.15, -0.1) is 0 Å². The molecule has 1 rings (SSSR count). The molecule has 0 bridgehead atoms. The molecule has 0 spiro atoms. The summed E-state index contributed by atoms with van der Waals surface area (Å²) in [6.45, 7) is 6.61. The molecule has 0 unspecified atom stereocenters. The van der Waals surface area contributed by atoms with Crippen molar-refractivity contribution in [2.24, 2.45) is 16.8 Å². The van der Waals surface area contributed by atoms with Crippen LogP contribution in [0.2, 0.25) is 0 Å². The molecule has 0 aliphatic heterocycles. The zero-order valence-electron chi connectivity index (χ0n) is 8.84. The quantitative estimate of drug-likeness (QED) is 0.475. The lowest BCUT2D eigenvalue weighted by Gasteiger charge is -2.34. The van der Waals surface area contributed by atoms with Crippen LogP contribution in [-0.4, -0.2) is 11.6 Å². The van der Waals surface area contributed by atoms with Gasteiger partial charge in [-0.3, -0.25) is 0 Å². The third-order valence-corrected chi connectivity index (χ3v) is 3.37. The van der Waals surface area contributed by atoms with Gasteiger partial charge in [-0.2, -0.15) is 4.99 Å². The van der Waals surface area contributed by atoms with E-state index in [-0.39, 0.29) is 5.54 Å². The Labute approximate surface area is 80.4 Å².